The fraction of sp³-hybridized carbons (Fsp3) is 0.333. The van der Waals surface area contributed by atoms with E-state index in [-0.39, 0.29) is 0 Å². The number of aryl methyl sites for hydroxylation is 1. The zero-order valence-corrected chi connectivity index (χ0v) is 14.0. The molecule has 1 aromatic heterocycles. The van der Waals surface area contributed by atoms with Crippen LogP contribution >= 0.6 is 15.9 Å². The maximum absolute atomic E-state index is 5.22. The Balaban J connectivity index is 2.18. The van der Waals surface area contributed by atoms with Crippen LogP contribution < -0.4 is 15.4 Å². The third-order valence-electron chi connectivity index (χ3n) is 2.81. The van der Waals surface area contributed by atoms with Crippen molar-refractivity contribution >= 4 is 33.4 Å². The molecule has 0 unspecified atom stereocenters. The zero-order chi connectivity index (χ0) is 15.2. The predicted octanol–water partition coefficient (Wildman–Crippen LogP) is 4.12. The Morgan fingerprint density at radius 3 is 2.71 bits per heavy atom. The first-order valence-corrected chi connectivity index (χ1v) is 7.61. The van der Waals surface area contributed by atoms with Crippen LogP contribution in [0.2, 0.25) is 0 Å². The maximum Gasteiger partial charge on any atom is 0.224 e. The van der Waals surface area contributed by atoms with Crippen LogP contribution in [-0.2, 0) is 0 Å². The van der Waals surface area contributed by atoms with Crippen molar-refractivity contribution in [1.82, 2.24) is 9.97 Å². The molecule has 2 rings (SSSR count). The second-order valence-electron chi connectivity index (χ2n) is 4.62. The molecule has 0 bridgehead atoms. The highest BCUT2D eigenvalue weighted by atomic mass is 79.9. The normalized spacial score (nSPS) is 10.3. The van der Waals surface area contributed by atoms with E-state index >= 15 is 0 Å². The molecule has 2 aromatic rings. The third-order valence-corrected chi connectivity index (χ3v) is 3.43. The van der Waals surface area contributed by atoms with E-state index in [1.54, 1.807) is 7.11 Å². The first-order valence-electron chi connectivity index (χ1n) is 6.82. The van der Waals surface area contributed by atoms with Crippen molar-refractivity contribution in [3.05, 3.63) is 34.4 Å². The summed E-state index contributed by atoms with van der Waals surface area (Å²) in [6.45, 7) is 4.92. The Morgan fingerprint density at radius 1 is 1.24 bits per heavy atom. The lowest BCUT2D eigenvalue weighted by molar-refractivity contribution is 0.412. The topological polar surface area (TPSA) is 59.1 Å². The smallest absolute Gasteiger partial charge is 0.224 e. The van der Waals surface area contributed by atoms with Gasteiger partial charge in [0.15, 0.2) is 0 Å². The minimum absolute atomic E-state index is 0.645. The minimum atomic E-state index is 0.645. The predicted molar refractivity (Wildman–Crippen MR) is 89.5 cm³/mol. The van der Waals surface area contributed by atoms with Gasteiger partial charge in [0.2, 0.25) is 5.95 Å². The van der Waals surface area contributed by atoms with Crippen LogP contribution in [0.5, 0.6) is 5.75 Å². The fourth-order valence-electron chi connectivity index (χ4n) is 1.84. The van der Waals surface area contributed by atoms with Gasteiger partial charge in [0, 0.05) is 24.0 Å². The number of hydrogen-bond acceptors (Lipinski definition) is 5. The lowest BCUT2D eigenvalue weighted by atomic mass is 10.3. The Bertz CT molecular complexity index is 619. The van der Waals surface area contributed by atoms with E-state index in [0.717, 1.165) is 40.4 Å². The van der Waals surface area contributed by atoms with Gasteiger partial charge in [-0.3, -0.25) is 0 Å². The molecule has 0 aliphatic rings. The molecule has 0 saturated heterocycles. The number of aromatic nitrogens is 2. The number of nitrogens with zero attached hydrogens (tertiary/aromatic N) is 2. The van der Waals surface area contributed by atoms with E-state index in [4.69, 9.17) is 4.74 Å². The molecule has 0 atom stereocenters. The minimum Gasteiger partial charge on any atom is -0.496 e. The number of benzene rings is 1. The van der Waals surface area contributed by atoms with E-state index in [2.05, 4.69) is 43.5 Å². The van der Waals surface area contributed by atoms with Gasteiger partial charge in [0.25, 0.3) is 0 Å². The quantitative estimate of drug-likeness (QED) is 0.820. The average Bonchev–Trinajstić information content (AvgIpc) is 2.45. The number of nitrogens with one attached hydrogen (secondary N) is 2. The largest absolute Gasteiger partial charge is 0.496 e. The molecule has 6 heteroatoms. The van der Waals surface area contributed by atoms with E-state index in [0.29, 0.717) is 5.95 Å². The summed E-state index contributed by atoms with van der Waals surface area (Å²) in [7, 11) is 1.65. The molecule has 1 heterocycles. The number of ether oxygens (including phenoxy) is 1. The summed E-state index contributed by atoms with van der Waals surface area (Å²) in [4.78, 5) is 8.83. The van der Waals surface area contributed by atoms with Gasteiger partial charge < -0.3 is 15.4 Å². The lowest BCUT2D eigenvalue weighted by Gasteiger charge is -2.11. The van der Waals surface area contributed by atoms with Gasteiger partial charge in [-0.2, -0.15) is 4.98 Å². The van der Waals surface area contributed by atoms with E-state index in [9.17, 15) is 0 Å². The van der Waals surface area contributed by atoms with Crippen molar-refractivity contribution in [2.45, 2.75) is 20.3 Å². The molecule has 0 aliphatic heterocycles. The molecule has 0 saturated carbocycles. The van der Waals surface area contributed by atoms with E-state index in [1.807, 2.05) is 31.2 Å². The number of halogens is 1. The van der Waals surface area contributed by atoms with Gasteiger partial charge in [-0.1, -0.05) is 6.92 Å². The monoisotopic (exact) mass is 350 g/mol. The molecule has 0 fully saturated rings. The van der Waals surface area contributed by atoms with Crippen molar-refractivity contribution < 1.29 is 4.74 Å². The van der Waals surface area contributed by atoms with Gasteiger partial charge in [0.1, 0.15) is 11.6 Å². The van der Waals surface area contributed by atoms with Crippen LogP contribution in [0, 0.1) is 6.92 Å². The van der Waals surface area contributed by atoms with Crippen molar-refractivity contribution in [2.24, 2.45) is 0 Å². The molecule has 1 aromatic carbocycles. The lowest BCUT2D eigenvalue weighted by Crippen LogP contribution is -2.06. The molecule has 2 N–H and O–H groups in total. The molecule has 0 radical (unpaired) electrons. The SMILES string of the molecule is CCCNc1nc(C)cc(Nc2ccc(OC)c(Br)c2)n1. The first kappa shape index (κ1) is 15.6. The molecular formula is C15H19BrN4O. The van der Waals surface area contributed by atoms with Crippen LogP contribution in [0.4, 0.5) is 17.5 Å². The molecule has 0 amide bonds. The van der Waals surface area contributed by atoms with Gasteiger partial charge in [-0.25, -0.2) is 4.98 Å². The fourth-order valence-corrected chi connectivity index (χ4v) is 2.38. The summed E-state index contributed by atoms with van der Waals surface area (Å²) in [6.07, 6.45) is 1.03. The molecule has 5 nitrogen and oxygen atoms in total. The molecule has 112 valence electrons. The standard InChI is InChI=1S/C15H19BrN4O/c1-4-7-17-15-18-10(2)8-14(20-15)19-11-5-6-13(21-3)12(16)9-11/h5-6,8-9H,4,7H2,1-3H3,(H2,17,18,19,20). The summed E-state index contributed by atoms with van der Waals surface area (Å²) in [5, 5.41) is 6.48. The van der Waals surface area contributed by atoms with Crippen molar-refractivity contribution in [3.63, 3.8) is 0 Å². The Labute approximate surface area is 133 Å². The van der Waals surface area contributed by atoms with Crippen LogP contribution in [0.15, 0.2) is 28.7 Å². The van der Waals surface area contributed by atoms with Crippen LogP contribution in [-0.4, -0.2) is 23.6 Å². The second-order valence-corrected chi connectivity index (χ2v) is 5.47. The summed E-state index contributed by atoms with van der Waals surface area (Å²) in [5.41, 5.74) is 1.85. The van der Waals surface area contributed by atoms with Crippen molar-refractivity contribution in [2.75, 3.05) is 24.3 Å². The Kier molecular flexibility index (Phi) is 5.38. The number of hydrogen-bond donors (Lipinski definition) is 2. The average molecular weight is 351 g/mol. The van der Waals surface area contributed by atoms with Crippen LogP contribution in [0.3, 0.4) is 0 Å². The number of anilines is 3. The van der Waals surface area contributed by atoms with Gasteiger partial charge in [-0.15, -0.1) is 0 Å². The number of methoxy groups -OCH3 is 1. The highest BCUT2D eigenvalue weighted by molar-refractivity contribution is 9.10. The van der Waals surface area contributed by atoms with E-state index in [1.165, 1.54) is 0 Å². The first-order chi connectivity index (χ1) is 10.1. The Morgan fingerprint density at radius 2 is 2.05 bits per heavy atom. The van der Waals surface area contributed by atoms with Crippen LogP contribution in [0.1, 0.15) is 19.0 Å². The van der Waals surface area contributed by atoms with Gasteiger partial charge in [0.05, 0.1) is 11.6 Å². The van der Waals surface area contributed by atoms with Crippen molar-refractivity contribution in [3.8, 4) is 5.75 Å². The molecule has 0 spiro atoms. The van der Waals surface area contributed by atoms with E-state index < -0.39 is 0 Å². The summed E-state index contributed by atoms with van der Waals surface area (Å²) < 4.78 is 6.12. The third kappa shape index (κ3) is 4.32. The maximum atomic E-state index is 5.22. The summed E-state index contributed by atoms with van der Waals surface area (Å²) in [5.74, 6) is 2.20. The summed E-state index contributed by atoms with van der Waals surface area (Å²) in [6, 6.07) is 7.71. The van der Waals surface area contributed by atoms with Gasteiger partial charge in [-0.05, 0) is 47.5 Å². The second kappa shape index (κ2) is 7.26. The summed E-state index contributed by atoms with van der Waals surface area (Å²) >= 11 is 3.47. The zero-order valence-electron chi connectivity index (χ0n) is 12.4. The Hall–Kier alpha value is -1.82. The highest BCUT2D eigenvalue weighted by Gasteiger charge is 2.05. The van der Waals surface area contributed by atoms with Crippen LogP contribution in [0.25, 0.3) is 0 Å². The molecule has 21 heavy (non-hydrogen) atoms. The molecular weight excluding hydrogens is 332 g/mol. The highest BCUT2D eigenvalue weighted by Crippen LogP contribution is 2.29. The molecule has 0 aliphatic carbocycles. The van der Waals surface area contributed by atoms with Gasteiger partial charge >= 0.3 is 0 Å². The van der Waals surface area contributed by atoms with Crippen molar-refractivity contribution in [1.29, 1.82) is 0 Å². The number of rotatable bonds is 6.